The molecule has 37 heavy (non-hydrogen) atoms. The first-order valence-corrected chi connectivity index (χ1v) is 12.5. The number of para-hydroxylation sites is 1. The molecule has 0 bridgehead atoms. The van der Waals surface area contributed by atoms with E-state index in [2.05, 4.69) is 16.4 Å². The van der Waals surface area contributed by atoms with Crippen molar-refractivity contribution in [3.8, 4) is 11.8 Å². The number of hydrogen-bond donors (Lipinski definition) is 1. The van der Waals surface area contributed by atoms with E-state index in [4.69, 9.17) is 17.0 Å². The topological polar surface area (TPSA) is 78.2 Å². The van der Waals surface area contributed by atoms with E-state index in [0.717, 1.165) is 11.1 Å². The molecule has 6 nitrogen and oxygen atoms in total. The number of hydrogen-bond acceptors (Lipinski definition) is 6. The number of thiocarbonyl (C=S) groups is 1. The molecule has 0 radical (unpaired) electrons. The third kappa shape index (κ3) is 5.48. The second-order valence-corrected chi connectivity index (χ2v) is 9.58. The predicted molar refractivity (Wildman–Crippen MR) is 144 cm³/mol. The van der Waals surface area contributed by atoms with Crippen molar-refractivity contribution < 1.29 is 18.3 Å². The third-order valence-electron chi connectivity index (χ3n) is 5.75. The van der Waals surface area contributed by atoms with Crippen LogP contribution in [0.25, 0.3) is 6.08 Å². The molecule has 1 saturated heterocycles. The van der Waals surface area contributed by atoms with Crippen molar-refractivity contribution in [2.45, 2.75) is 31.1 Å². The second kappa shape index (κ2) is 11.1. The van der Waals surface area contributed by atoms with Gasteiger partial charge in [0.1, 0.15) is 28.2 Å². The highest BCUT2D eigenvalue weighted by atomic mass is 32.2. The average Bonchev–Trinajstić information content (AvgIpc) is 3.15. The minimum atomic E-state index is -2.74. The summed E-state index contributed by atoms with van der Waals surface area (Å²) in [5.74, 6) is 0.620. The molecule has 4 rings (SSSR count). The summed E-state index contributed by atoms with van der Waals surface area (Å²) in [6.45, 7) is 3.52. The van der Waals surface area contributed by atoms with Crippen molar-refractivity contribution in [2.75, 3.05) is 12.0 Å². The quantitative estimate of drug-likeness (QED) is 0.223. The lowest BCUT2D eigenvalue weighted by Crippen LogP contribution is -2.30. The second-order valence-electron chi connectivity index (χ2n) is 8.23. The summed E-state index contributed by atoms with van der Waals surface area (Å²) >= 11 is 6.59. The van der Waals surface area contributed by atoms with Crippen LogP contribution in [0.15, 0.2) is 59.3 Å². The first-order chi connectivity index (χ1) is 17.7. The van der Waals surface area contributed by atoms with Gasteiger partial charge in [0.25, 0.3) is 12.3 Å². The highest BCUT2D eigenvalue weighted by Gasteiger charge is 2.32. The predicted octanol–water partition coefficient (Wildman–Crippen LogP) is 6.07. The van der Waals surface area contributed by atoms with Gasteiger partial charge in [-0.05, 0) is 73.1 Å². The minimum absolute atomic E-state index is 0.232. The molecule has 2 aromatic carbocycles. The van der Waals surface area contributed by atoms with Crippen LogP contribution in [0.2, 0.25) is 0 Å². The molecule has 1 fully saturated rings. The van der Waals surface area contributed by atoms with Gasteiger partial charge in [-0.1, -0.05) is 24.3 Å². The number of nitrogens with zero attached hydrogens (tertiary/aromatic N) is 3. The first-order valence-electron chi connectivity index (χ1n) is 11.2. The van der Waals surface area contributed by atoms with Crippen molar-refractivity contribution in [2.24, 2.45) is 0 Å². The summed E-state index contributed by atoms with van der Waals surface area (Å²) in [5.41, 5.74) is 3.75. The van der Waals surface area contributed by atoms with Crippen molar-refractivity contribution in [3.05, 3.63) is 87.7 Å². The van der Waals surface area contributed by atoms with Crippen LogP contribution >= 0.6 is 24.0 Å². The molecule has 1 N–H and O–H groups in total. The zero-order chi connectivity index (χ0) is 26.7. The molecule has 1 amide bonds. The molecule has 0 atom stereocenters. The molecule has 2 heterocycles. The number of carbonyl (C=O) groups is 1. The maximum Gasteiger partial charge on any atom is 0.281 e. The lowest BCUT2D eigenvalue weighted by Gasteiger charge is -2.16. The van der Waals surface area contributed by atoms with E-state index in [1.165, 1.54) is 29.8 Å². The highest BCUT2D eigenvalue weighted by Crippen LogP contribution is 2.33. The number of amides is 1. The standard InChI is InChI=1S/C27H22F2N4O2S2/c1-15-6-4-5-7-22(15)33-26(34)21(32-27(33)36)12-17-8-9-23(35-3)18(11-17)14-37-25-19(13-30)16(2)10-20(31-25)24(28)29/h4-12,24H,14H2,1-3H3,(H,32,36)/b21-12+. The van der Waals surface area contributed by atoms with Gasteiger partial charge in [0.05, 0.1) is 18.4 Å². The van der Waals surface area contributed by atoms with Gasteiger partial charge >= 0.3 is 0 Å². The number of carbonyl (C=O) groups excluding carboxylic acids is 1. The Kier molecular flexibility index (Phi) is 7.86. The van der Waals surface area contributed by atoms with Crippen LogP contribution in [0.3, 0.4) is 0 Å². The molecule has 0 unspecified atom stereocenters. The normalized spacial score (nSPS) is 14.3. The Bertz CT molecular complexity index is 1470. The van der Waals surface area contributed by atoms with Gasteiger partial charge in [0.2, 0.25) is 0 Å². The van der Waals surface area contributed by atoms with Crippen molar-refractivity contribution in [1.82, 2.24) is 10.3 Å². The van der Waals surface area contributed by atoms with E-state index >= 15 is 0 Å². The SMILES string of the molecule is COc1ccc(/C=C2/NC(=S)N(c3ccccc3C)C2=O)cc1CSc1nc(C(F)F)cc(C)c1C#N. The summed E-state index contributed by atoms with van der Waals surface area (Å²) in [5, 5.41) is 13.0. The Hall–Kier alpha value is -3.81. The maximum atomic E-state index is 13.3. The maximum absolute atomic E-state index is 13.3. The van der Waals surface area contributed by atoms with Crippen LogP contribution in [0.4, 0.5) is 14.5 Å². The van der Waals surface area contributed by atoms with Gasteiger partial charge < -0.3 is 10.1 Å². The summed E-state index contributed by atoms with van der Waals surface area (Å²) in [6.07, 6.45) is -1.04. The third-order valence-corrected chi connectivity index (χ3v) is 7.06. The minimum Gasteiger partial charge on any atom is -0.496 e. The number of aromatic nitrogens is 1. The van der Waals surface area contributed by atoms with Crippen LogP contribution in [0.5, 0.6) is 5.75 Å². The number of nitrogens with one attached hydrogen (secondary N) is 1. The van der Waals surface area contributed by atoms with Gasteiger partial charge in [-0.2, -0.15) is 5.26 Å². The summed E-state index contributed by atoms with van der Waals surface area (Å²) in [7, 11) is 1.53. The fourth-order valence-electron chi connectivity index (χ4n) is 3.90. The molecule has 1 aromatic heterocycles. The zero-order valence-electron chi connectivity index (χ0n) is 20.2. The van der Waals surface area contributed by atoms with Crippen molar-refractivity contribution >= 4 is 46.8 Å². The monoisotopic (exact) mass is 536 g/mol. The highest BCUT2D eigenvalue weighted by molar-refractivity contribution is 7.98. The molecule has 0 saturated carbocycles. The van der Waals surface area contributed by atoms with Crippen LogP contribution in [-0.2, 0) is 10.5 Å². The number of halogens is 2. The summed E-state index contributed by atoms with van der Waals surface area (Å²) in [4.78, 5) is 18.6. The number of benzene rings is 2. The summed E-state index contributed by atoms with van der Waals surface area (Å²) in [6, 6.07) is 16.2. The Morgan fingerprint density at radius 1 is 1.22 bits per heavy atom. The molecule has 0 spiro atoms. The molecule has 1 aliphatic rings. The molecule has 10 heteroatoms. The van der Waals surface area contributed by atoms with Crippen molar-refractivity contribution in [1.29, 1.82) is 5.26 Å². The molecule has 188 valence electrons. The Labute approximate surface area is 223 Å². The van der Waals surface area contributed by atoms with E-state index in [0.29, 0.717) is 39.1 Å². The van der Waals surface area contributed by atoms with E-state index < -0.39 is 6.43 Å². The van der Waals surface area contributed by atoms with E-state index in [1.807, 2.05) is 37.3 Å². The number of methoxy groups -OCH3 is 1. The molecule has 1 aliphatic heterocycles. The number of alkyl halides is 2. The molecule has 0 aliphatic carbocycles. The van der Waals surface area contributed by atoms with Crippen LogP contribution in [0, 0.1) is 25.2 Å². The van der Waals surface area contributed by atoms with Gasteiger partial charge in [-0.3, -0.25) is 9.69 Å². The van der Waals surface area contributed by atoms with E-state index in [-0.39, 0.29) is 22.2 Å². The van der Waals surface area contributed by atoms with Gasteiger partial charge in [-0.15, -0.1) is 11.8 Å². The largest absolute Gasteiger partial charge is 0.496 e. The van der Waals surface area contributed by atoms with E-state index in [9.17, 15) is 18.8 Å². The molecular formula is C27H22F2N4O2S2. The lowest BCUT2D eigenvalue weighted by molar-refractivity contribution is -0.113. The number of thioether (sulfide) groups is 1. The number of ether oxygens (including phenoxy) is 1. The van der Waals surface area contributed by atoms with Crippen LogP contribution in [0.1, 0.15) is 39.9 Å². The number of pyridine rings is 1. The molecular weight excluding hydrogens is 514 g/mol. The Morgan fingerprint density at radius 3 is 2.65 bits per heavy atom. The van der Waals surface area contributed by atoms with Crippen LogP contribution in [-0.4, -0.2) is 23.1 Å². The smallest absolute Gasteiger partial charge is 0.281 e. The number of anilines is 1. The fraction of sp³-hybridized carbons (Fsp3) is 0.185. The van der Waals surface area contributed by atoms with Gasteiger partial charge in [-0.25, -0.2) is 13.8 Å². The average molecular weight is 537 g/mol. The van der Waals surface area contributed by atoms with Gasteiger partial charge in [0.15, 0.2) is 5.11 Å². The fourth-order valence-corrected chi connectivity index (χ4v) is 5.23. The number of aryl methyl sites for hydroxylation is 2. The first kappa shape index (κ1) is 26.3. The van der Waals surface area contributed by atoms with E-state index in [1.54, 1.807) is 25.1 Å². The van der Waals surface area contributed by atoms with Crippen LogP contribution < -0.4 is 15.0 Å². The Balaban J connectivity index is 1.62. The Morgan fingerprint density at radius 2 is 1.97 bits per heavy atom. The zero-order valence-corrected chi connectivity index (χ0v) is 21.8. The lowest BCUT2D eigenvalue weighted by atomic mass is 10.1. The molecule has 3 aromatic rings. The number of nitriles is 1. The summed E-state index contributed by atoms with van der Waals surface area (Å²) < 4.78 is 32.0. The van der Waals surface area contributed by atoms with Gasteiger partial charge in [0, 0.05) is 11.3 Å². The number of rotatable bonds is 7. The van der Waals surface area contributed by atoms with Crippen molar-refractivity contribution in [3.63, 3.8) is 0 Å².